The normalized spacial score (nSPS) is 10.0. The van der Waals surface area contributed by atoms with Gasteiger partial charge >= 0.3 is 5.97 Å². The third-order valence-corrected chi connectivity index (χ3v) is 1.73. The number of carbonyl (C=O) groups is 1. The Hall–Kier alpha value is -1.62. The Balaban J connectivity index is 2.38. The van der Waals surface area contributed by atoms with E-state index in [1.54, 1.807) is 0 Å². The van der Waals surface area contributed by atoms with E-state index in [1.165, 1.54) is 11.6 Å². The first kappa shape index (κ1) is 11.5. The Bertz CT molecular complexity index is 364. The van der Waals surface area contributed by atoms with Crippen LogP contribution in [0.1, 0.15) is 30.1 Å². The number of hydrogen-bond donors (Lipinski definition) is 2. The summed E-state index contributed by atoms with van der Waals surface area (Å²) in [5.41, 5.74) is 1.17. The zero-order chi connectivity index (χ0) is 11.3. The number of aromatic nitrogens is 1. The molecular weight excluding hydrogens is 196 g/mol. The first-order valence-electron chi connectivity index (χ1n) is 4.62. The molecule has 0 saturated heterocycles. The van der Waals surface area contributed by atoms with Crippen LogP contribution < -0.4 is 5.32 Å². The van der Waals surface area contributed by atoms with Crippen LogP contribution in [-0.2, 0) is 6.54 Å². The number of nitrogens with one attached hydrogen (secondary N) is 1. The molecule has 5 heteroatoms. The van der Waals surface area contributed by atoms with Gasteiger partial charge in [0.2, 0.25) is 0 Å². The summed E-state index contributed by atoms with van der Waals surface area (Å²) in [4.78, 5) is 10.5. The summed E-state index contributed by atoms with van der Waals surface area (Å²) in [5.74, 6) is -0.552. The number of carboxylic acids is 1. The van der Waals surface area contributed by atoms with Crippen LogP contribution in [0.15, 0.2) is 22.2 Å². The minimum absolute atomic E-state index is 0.0611. The quantitative estimate of drug-likeness (QED) is 0.568. The van der Waals surface area contributed by atoms with E-state index in [1.807, 2.05) is 19.9 Å². The Morgan fingerprint density at radius 2 is 2.40 bits per heavy atom. The number of aromatic carboxylic acids is 1. The molecule has 15 heavy (non-hydrogen) atoms. The van der Waals surface area contributed by atoms with Gasteiger partial charge in [0.1, 0.15) is 0 Å². The molecule has 0 aliphatic heterocycles. The van der Waals surface area contributed by atoms with E-state index in [2.05, 4.69) is 10.5 Å². The smallest absolute Gasteiger partial charge is 0.358 e. The lowest BCUT2D eigenvalue weighted by atomic mass is 10.3. The van der Waals surface area contributed by atoms with Crippen molar-refractivity contribution >= 4 is 5.97 Å². The second-order valence-electron chi connectivity index (χ2n) is 3.40. The molecule has 0 saturated carbocycles. The average Bonchev–Trinajstić information content (AvgIpc) is 2.60. The van der Waals surface area contributed by atoms with Crippen molar-refractivity contribution in [2.24, 2.45) is 0 Å². The van der Waals surface area contributed by atoms with E-state index in [9.17, 15) is 4.79 Å². The van der Waals surface area contributed by atoms with E-state index >= 15 is 0 Å². The van der Waals surface area contributed by atoms with Gasteiger partial charge in [0.05, 0.1) is 6.54 Å². The van der Waals surface area contributed by atoms with Crippen molar-refractivity contribution in [2.75, 3.05) is 6.54 Å². The molecule has 0 unspecified atom stereocenters. The van der Waals surface area contributed by atoms with Crippen molar-refractivity contribution in [3.8, 4) is 0 Å². The standard InChI is InChI=1S/C10H14N2O3/c1-7(2)3-4-11-6-8-5-9(10(13)14)12-15-8/h3,5,11H,4,6H2,1-2H3,(H,13,14). The zero-order valence-electron chi connectivity index (χ0n) is 8.78. The van der Waals surface area contributed by atoms with Crippen LogP contribution >= 0.6 is 0 Å². The molecule has 0 aliphatic carbocycles. The molecule has 1 rings (SSSR count). The highest BCUT2D eigenvalue weighted by Crippen LogP contribution is 2.02. The van der Waals surface area contributed by atoms with Gasteiger partial charge in [-0.25, -0.2) is 4.79 Å². The highest BCUT2D eigenvalue weighted by Gasteiger charge is 2.09. The van der Waals surface area contributed by atoms with E-state index in [0.29, 0.717) is 12.3 Å². The fourth-order valence-electron chi connectivity index (χ4n) is 0.969. The lowest BCUT2D eigenvalue weighted by Gasteiger charge is -1.96. The fourth-order valence-corrected chi connectivity index (χ4v) is 0.969. The second-order valence-corrected chi connectivity index (χ2v) is 3.40. The van der Waals surface area contributed by atoms with Crippen LogP contribution in [0, 0.1) is 0 Å². The molecule has 5 nitrogen and oxygen atoms in total. The molecule has 1 aromatic heterocycles. The van der Waals surface area contributed by atoms with E-state index in [-0.39, 0.29) is 5.69 Å². The predicted molar refractivity (Wildman–Crippen MR) is 54.6 cm³/mol. The van der Waals surface area contributed by atoms with Crippen LogP contribution in [0.5, 0.6) is 0 Å². The van der Waals surface area contributed by atoms with Gasteiger partial charge in [-0.15, -0.1) is 0 Å². The van der Waals surface area contributed by atoms with Crippen LogP contribution in [0.25, 0.3) is 0 Å². The maximum atomic E-state index is 10.5. The molecule has 0 bridgehead atoms. The summed E-state index contributed by atoms with van der Waals surface area (Å²) in [7, 11) is 0. The monoisotopic (exact) mass is 210 g/mol. The molecule has 0 aliphatic rings. The molecular formula is C10H14N2O3. The Kier molecular flexibility index (Phi) is 4.05. The molecule has 0 aromatic carbocycles. The van der Waals surface area contributed by atoms with Crippen LogP contribution in [0.4, 0.5) is 0 Å². The topological polar surface area (TPSA) is 75.4 Å². The third kappa shape index (κ3) is 3.95. The number of nitrogens with zero attached hydrogens (tertiary/aromatic N) is 1. The first-order chi connectivity index (χ1) is 7.09. The molecule has 1 heterocycles. The van der Waals surface area contributed by atoms with Gasteiger partial charge in [-0.05, 0) is 13.8 Å². The molecule has 0 amide bonds. The van der Waals surface area contributed by atoms with Crippen LogP contribution in [0.3, 0.4) is 0 Å². The number of hydrogen-bond acceptors (Lipinski definition) is 4. The maximum absolute atomic E-state index is 10.5. The van der Waals surface area contributed by atoms with Gasteiger partial charge in [-0.3, -0.25) is 0 Å². The largest absolute Gasteiger partial charge is 0.476 e. The summed E-state index contributed by atoms with van der Waals surface area (Å²) >= 11 is 0. The average molecular weight is 210 g/mol. The van der Waals surface area contributed by atoms with Crippen molar-refractivity contribution in [3.05, 3.63) is 29.2 Å². The zero-order valence-corrected chi connectivity index (χ0v) is 8.78. The maximum Gasteiger partial charge on any atom is 0.358 e. The first-order valence-corrected chi connectivity index (χ1v) is 4.62. The molecule has 2 N–H and O–H groups in total. The van der Waals surface area contributed by atoms with Gasteiger partial charge < -0.3 is 14.9 Å². The summed E-state index contributed by atoms with van der Waals surface area (Å²) in [6.07, 6.45) is 2.04. The Morgan fingerprint density at radius 1 is 1.67 bits per heavy atom. The lowest BCUT2D eigenvalue weighted by Crippen LogP contribution is -2.12. The van der Waals surface area contributed by atoms with E-state index in [0.717, 1.165) is 6.54 Å². The summed E-state index contributed by atoms with van der Waals surface area (Å²) in [6.45, 7) is 5.23. The number of rotatable bonds is 5. The molecule has 0 atom stereocenters. The lowest BCUT2D eigenvalue weighted by molar-refractivity contribution is 0.0685. The highest BCUT2D eigenvalue weighted by atomic mass is 16.5. The summed E-state index contributed by atoms with van der Waals surface area (Å²) in [5, 5.41) is 15.1. The van der Waals surface area contributed by atoms with Crippen molar-refractivity contribution in [1.82, 2.24) is 10.5 Å². The van der Waals surface area contributed by atoms with Crippen molar-refractivity contribution < 1.29 is 14.4 Å². The summed E-state index contributed by atoms with van der Waals surface area (Å²) < 4.78 is 4.82. The highest BCUT2D eigenvalue weighted by molar-refractivity contribution is 5.85. The van der Waals surface area contributed by atoms with E-state index < -0.39 is 5.97 Å². The van der Waals surface area contributed by atoms with Crippen molar-refractivity contribution in [3.63, 3.8) is 0 Å². The SMILES string of the molecule is CC(C)=CCNCc1cc(C(=O)O)no1. The second kappa shape index (κ2) is 5.31. The van der Waals surface area contributed by atoms with Crippen LogP contribution in [0.2, 0.25) is 0 Å². The molecule has 1 aromatic rings. The minimum atomic E-state index is -1.07. The van der Waals surface area contributed by atoms with Crippen LogP contribution in [-0.4, -0.2) is 22.8 Å². The molecule has 82 valence electrons. The number of allylic oxidation sites excluding steroid dienone is 1. The number of carboxylic acid groups (broad SMARTS) is 1. The predicted octanol–water partition coefficient (Wildman–Crippen LogP) is 1.43. The third-order valence-electron chi connectivity index (χ3n) is 1.73. The van der Waals surface area contributed by atoms with Gasteiger partial charge in [0, 0.05) is 12.6 Å². The van der Waals surface area contributed by atoms with Gasteiger partial charge in [-0.2, -0.15) is 0 Å². The molecule has 0 radical (unpaired) electrons. The Labute approximate surface area is 87.8 Å². The summed E-state index contributed by atoms with van der Waals surface area (Å²) in [6, 6.07) is 1.41. The van der Waals surface area contributed by atoms with Gasteiger partial charge in [0.15, 0.2) is 11.5 Å². The molecule has 0 fully saturated rings. The minimum Gasteiger partial charge on any atom is -0.476 e. The fraction of sp³-hybridized carbons (Fsp3) is 0.400. The van der Waals surface area contributed by atoms with Crippen molar-refractivity contribution in [2.45, 2.75) is 20.4 Å². The van der Waals surface area contributed by atoms with Gasteiger partial charge in [0.25, 0.3) is 0 Å². The van der Waals surface area contributed by atoms with E-state index in [4.69, 9.17) is 9.63 Å². The Morgan fingerprint density at radius 3 is 2.93 bits per heavy atom. The van der Waals surface area contributed by atoms with Crippen molar-refractivity contribution in [1.29, 1.82) is 0 Å². The van der Waals surface area contributed by atoms with Gasteiger partial charge in [-0.1, -0.05) is 16.8 Å². The molecule has 0 spiro atoms.